The van der Waals surface area contributed by atoms with E-state index in [1.165, 1.54) is 19.1 Å². The highest BCUT2D eigenvalue weighted by molar-refractivity contribution is 7.89. The van der Waals surface area contributed by atoms with Crippen molar-refractivity contribution in [2.45, 2.75) is 17.9 Å². The first-order valence-corrected chi connectivity index (χ1v) is 6.22. The highest BCUT2D eigenvalue weighted by Crippen LogP contribution is 2.19. The lowest BCUT2D eigenvalue weighted by Gasteiger charge is -2.09. The average Bonchev–Trinajstić information content (AvgIpc) is 2.15. The maximum absolute atomic E-state index is 11.7. The molecular weight excluding hydrogens is 238 g/mol. The molecule has 1 aromatic rings. The Kier molecular flexibility index (Phi) is 4.10. The Labute approximate surface area is 93.9 Å². The SMILES string of the molecule is C[C@@H](O)CNS(=O)(=O)c1ccccc1Cl. The van der Waals surface area contributed by atoms with Crippen LogP contribution in [0.3, 0.4) is 0 Å². The second-order valence-corrected chi connectivity index (χ2v) is 5.27. The van der Waals surface area contributed by atoms with Crippen molar-refractivity contribution in [1.82, 2.24) is 4.72 Å². The van der Waals surface area contributed by atoms with Gasteiger partial charge >= 0.3 is 0 Å². The Balaban J connectivity index is 2.92. The molecule has 0 bridgehead atoms. The Morgan fingerprint density at radius 3 is 2.60 bits per heavy atom. The molecule has 0 unspecified atom stereocenters. The monoisotopic (exact) mass is 249 g/mol. The molecule has 0 fully saturated rings. The Morgan fingerprint density at radius 2 is 2.07 bits per heavy atom. The second kappa shape index (κ2) is 4.94. The van der Waals surface area contributed by atoms with Crippen LogP contribution < -0.4 is 4.72 Å². The lowest BCUT2D eigenvalue weighted by molar-refractivity contribution is 0.198. The predicted octanol–water partition coefficient (Wildman–Crippen LogP) is 0.999. The van der Waals surface area contributed by atoms with Crippen molar-refractivity contribution in [3.05, 3.63) is 29.3 Å². The summed E-state index contributed by atoms with van der Waals surface area (Å²) in [6, 6.07) is 6.14. The van der Waals surface area contributed by atoms with Gasteiger partial charge in [0, 0.05) is 6.54 Å². The van der Waals surface area contributed by atoms with Gasteiger partial charge in [0.1, 0.15) is 4.90 Å². The fraction of sp³-hybridized carbons (Fsp3) is 0.333. The smallest absolute Gasteiger partial charge is 0.242 e. The van der Waals surface area contributed by atoms with Gasteiger partial charge < -0.3 is 5.11 Å². The molecule has 6 heteroatoms. The molecule has 0 aromatic heterocycles. The van der Waals surface area contributed by atoms with E-state index in [2.05, 4.69) is 4.72 Å². The number of benzene rings is 1. The van der Waals surface area contributed by atoms with E-state index in [1.807, 2.05) is 0 Å². The van der Waals surface area contributed by atoms with Crippen LogP contribution >= 0.6 is 11.6 Å². The minimum Gasteiger partial charge on any atom is -0.392 e. The maximum atomic E-state index is 11.7. The summed E-state index contributed by atoms with van der Waals surface area (Å²) >= 11 is 5.74. The predicted molar refractivity (Wildman–Crippen MR) is 58.3 cm³/mol. The van der Waals surface area contributed by atoms with Crippen molar-refractivity contribution in [2.75, 3.05) is 6.54 Å². The Hall–Kier alpha value is -0.620. The lowest BCUT2D eigenvalue weighted by Crippen LogP contribution is -2.30. The molecule has 0 aliphatic carbocycles. The minimum atomic E-state index is -3.63. The average molecular weight is 250 g/mol. The van der Waals surface area contributed by atoms with Crippen molar-refractivity contribution in [3.8, 4) is 0 Å². The molecular formula is C9H12ClNO3S. The van der Waals surface area contributed by atoms with Gasteiger partial charge in [0.15, 0.2) is 0 Å². The van der Waals surface area contributed by atoms with Crippen molar-refractivity contribution in [1.29, 1.82) is 0 Å². The summed E-state index contributed by atoms with van der Waals surface area (Å²) in [5.41, 5.74) is 0. The third-order valence-corrected chi connectivity index (χ3v) is 3.62. The first kappa shape index (κ1) is 12.4. The van der Waals surface area contributed by atoms with Gasteiger partial charge in [-0.1, -0.05) is 23.7 Å². The normalized spacial score (nSPS) is 13.8. The van der Waals surface area contributed by atoms with Gasteiger partial charge in [-0.2, -0.15) is 0 Å². The minimum absolute atomic E-state index is 0.0207. The highest BCUT2D eigenvalue weighted by atomic mass is 35.5. The zero-order valence-electron chi connectivity index (χ0n) is 8.14. The molecule has 0 heterocycles. The summed E-state index contributed by atoms with van der Waals surface area (Å²) in [4.78, 5) is 0.0207. The van der Waals surface area contributed by atoms with Crippen molar-refractivity contribution >= 4 is 21.6 Å². The largest absolute Gasteiger partial charge is 0.392 e. The number of nitrogens with one attached hydrogen (secondary N) is 1. The van der Waals surface area contributed by atoms with E-state index in [4.69, 9.17) is 16.7 Å². The number of aliphatic hydroxyl groups is 1. The van der Waals surface area contributed by atoms with Crippen LogP contribution in [0.1, 0.15) is 6.92 Å². The van der Waals surface area contributed by atoms with Crippen LogP contribution in [0.5, 0.6) is 0 Å². The van der Waals surface area contributed by atoms with Crippen molar-refractivity contribution in [2.24, 2.45) is 0 Å². The molecule has 1 atom stereocenters. The van der Waals surface area contributed by atoms with Crippen LogP contribution in [0.25, 0.3) is 0 Å². The number of hydrogen-bond donors (Lipinski definition) is 2. The summed E-state index contributed by atoms with van der Waals surface area (Å²) in [5.74, 6) is 0. The Morgan fingerprint density at radius 1 is 1.47 bits per heavy atom. The third-order valence-electron chi connectivity index (χ3n) is 1.69. The van der Waals surface area contributed by atoms with Crippen LogP contribution in [0.15, 0.2) is 29.2 Å². The van der Waals surface area contributed by atoms with E-state index in [1.54, 1.807) is 12.1 Å². The molecule has 1 aromatic carbocycles. The van der Waals surface area contributed by atoms with Gasteiger partial charge in [0.25, 0.3) is 0 Å². The van der Waals surface area contributed by atoms with Gasteiger partial charge in [-0.3, -0.25) is 0 Å². The van der Waals surface area contributed by atoms with Gasteiger partial charge in [-0.15, -0.1) is 0 Å². The molecule has 0 spiro atoms. The van der Waals surface area contributed by atoms with Crippen LogP contribution in [0, 0.1) is 0 Å². The molecule has 0 saturated heterocycles. The van der Waals surface area contributed by atoms with E-state index in [-0.39, 0.29) is 16.5 Å². The molecule has 0 amide bonds. The molecule has 0 aliphatic heterocycles. The van der Waals surface area contributed by atoms with Crippen LogP contribution in [-0.4, -0.2) is 26.2 Å². The third kappa shape index (κ3) is 3.46. The molecule has 0 aliphatic rings. The van der Waals surface area contributed by atoms with Gasteiger partial charge in [0.05, 0.1) is 11.1 Å². The number of aliphatic hydroxyl groups excluding tert-OH is 1. The quantitative estimate of drug-likeness (QED) is 0.837. The van der Waals surface area contributed by atoms with Gasteiger partial charge in [-0.05, 0) is 19.1 Å². The second-order valence-electron chi connectivity index (χ2n) is 3.13. The van der Waals surface area contributed by atoms with E-state index < -0.39 is 16.1 Å². The standard InChI is InChI=1S/C9H12ClNO3S/c1-7(12)6-11-15(13,14)9-5-3-2-4-8(9)10/h2-5,7,11-12H,6H2,1H3/t7-/m1/s1. The van der Waals surface area contributed by atoms with E-state index in [0.717, 1.165) is 0 Å². The molecule has 15 heavy (non-hydrogen) atoms. The van der Waals surface area contributed by atoms with Crippen molar-refractivity contribution in [3.63, 3.8) is 0 Å². The van der Waals surface area contributed by atoms with Gasteiger partial charge in [0.2, 0.25) is 10.0 Å². The maximum Gasteiger partial charge on any atom is 0.242 e. The fourth-order valence-electron chi connectivity index (χ4n) is 0.971. The van der Waals surface area contributed by atoms with Crippen LogP contribution in [0.4, 0.5) is 0 Å². The molecule has 2 N–H and O–H groups in total. The summed E-state index contributed by atoms with van der Waals surface area (Å²) in [6.07, 6.45) is -0.734. The zero-order valence-corrected chi connectivity index (χ0v) is 9.72. The summed E-state index contributed by atoms with van der Waals surface area (Å²) in [6.45, 7) is 1.46. The molecule has 0 saturated carbocycles. The lowest BCUT2D eigenvalue weighted by atomic mass is 10.4. The molecule has 1 rings (SSSR count). The van der Waals surface area contributed by atoms with Crippen LogP contribution in [-0.2, 0) is 10.0 Å². The topological polar surface area (TPSA) is 66.4 Å². The Bertz CT molecular complexity index is 431. The first-order valence-electron chi connectivity index (χ1n) is 4.36. The van der Waals surface area contributed by atoms with E-state index >= 15 is 0 Å². The number of hydrogen-bond acceptors (Lipinski definition) is 3. The van der Waals surface area contributed by atoms with Crippen molar-refractivity contribution < 1.29 is 13.5 Å². The summed E-state index contributed by atoms with van der Waals surface area (Å²) in [5, 5.41) is 9.13. The number of rotatable bonds is 4. The summed E-state index contributed by atoms with van der Waals surface area (Å²) < 4.78 is 25.6. The summed E-state index contributed by atoms with van der Waals surface area (Å²) in [7, 11) is -3.63. The van der Waals surface area contributed by atoms with Gasteiger partial charge in [-0.25, -0.2) is 13.1 Å². The number of sulfonamides is 1. The van der Waals surface area contributed by atoms with E-state index in [0.29, 0.717) is 0 Å². The molecule has 0 radical (unpaired) electrons. The molecule has 84 valence electrons. The molecule has 4 nitrogen and oxygen atoms in total. The highest BCUT2D eigenvalue weighted by Gasteiger charge is 2.17. The zero-order chi connectivity index (χ0) is 11.5. The van der Waals surface area contributed by atoms with E-state index in [9.17, 15) is 8.42 Å². The fourth-order valence-corrected chi connectivity index (χ4v) is 2.61. The van der Waals surface area contributed by atoms with Crippen LogP contribution in [0.2, 0.25) is 5.02 Å². The number of halogens is 1. The first-order chi connectivity index (χ1) is 6.93.